The third kappa shape index (κ3) is 2.70. The standard InChI is InChI=1S/C12H15ClN2O2/c13-8-3-4-10(11(16)6-8)12(17)15-5-1-2-9(14)7-15/h3-4,6,9,16H,1-2,5,7,14H2. The number of carbonyl (C=O) groups is 1. The Labute approximate surface area is 105 Å². The number of benzene rings is 1. The number of hydrogen-bond donors (Lipinski definition) is 2. The van der Waals surface area contributed by atoms with Gasteiger partial charge in [-0.1, -0.05) is 11.6 Å². The maximum Gasteiger partial charge on any atom is 0.257 e. The van der Waals surface area contributed by atoms with Gasteiger partial charge >= 0.3 is 0 Å². The molecule has 5 heteroatoms. The molecule has 1 fully saturated rings. The molecule has 0 bridgehead atoms. The molecular formula is C12H15ClN2O2. The van der Waals surface area contributed by atoms with Crippen molar-refractivity contribution < 1.29 is 9.90 Å². The van der Waals surface area contributed by atoms with Crippen LogP contribution in [-0.2, 0) is 0 Å². The quantitative estimate of drug-likeness (QED) is 0.800. The van der Waals surface area contributed by atoms with Crippen molar-refractivity contribution in [3.05, 3.63) is 28.8 Å². The molecule has 1 heterocycles. The summed E-state index contributed by atoms with van der Waals surface area (Å²) < 4.78 is 0. The van der Waals surface area contributed by atoms with Crippen molar-refractivity contribution in [1.29, 1.82) is 0 Å². The summed E-state index contributed by atoms with van der Waals surface area (Å²) >= 11 is 5.73. The van der Waals surface area contributed by atoms with Gasteiger partial charge < -0.3 is 15.7 Å². The lowest BCUT2D eigenvalue weighted by atomic mass is 10.1. The van der Waals surface area contributed by atoms with Crippen molar-refractivity contribution in [2.24, 2.45) is 5.73 Å². The molecule has 92 valence electrons. The summed E-state index contributed by atoms with van der Waals surface area (Å²) in [5.74, 6) is -0.268. The molecule has 4 nitrogen and oxygen atoms in total. The van der Waals surface area contributed by atoms with E-state index in [4.69, 9.17) is 17.3 Å². The van der Waals surface area contributed by atoms with Gasteiger partial charge in [0.15, 0.2) is 0 Å². The Balaban J connectivity index is 2.18. The molecule has 3 N–H and O–H groups in total. The van der Waals surface area contributed by atoms with Gasteiger partial charge in [0.25, 0.3) is 5.91 Å². The van der Waals surface area contributed by atoms with Crippen LogP contribution in [0.1, 0.15) is 23.2 Å². The molecule has 1 aromatic carbocycles. The van der Waals surface area contributed by atoms with E-state index in [2.05, 4.69) is 0 Å². The van der Waals surface area contributed by atoms with Crippen LogP contribution in [0.3, 0.4) is 0 Å². The molecule has 0 radical (unpaired) electrons. The normalized spacial score (nSPS) is 20.4. The van der Waals surface area contributed by atoms with Gasteiger partial charge in [-0.3, -0.25) is 4.79 Å². The van der Waals surface area contributed by atoms with E-state index in [0.29, 0.717) is 18.1 Å². The first-order valence-electron chi connectivity index (χ1n) is 5.61. The number of rotatable bonds is 1. The highest BCUT2D eigenvalue weighted by Crippen LogP contribution is 2.24. The second kappa shape index (κ2) is 4.94. The molecule has 0 spiro atoms. The smallest absolute Gasteiger partial charge is 0.257 e. The average molecular weight is 255 g/mol. The Morgan fingerprint density at radius 2 is 2.29 bits per heavy atom. The van der Waals surface area contributed by atoms with E-state index in [0.717, 1.165) is 12.8 Å². The highest BCUT2D eigenvalue weighted by Gasteiger charge is 2.24. The molecule has 0 aromatic heterocycles. The molecule has 1 atom stereocenters. The molecule has 1 aliphatic heterocycles. The van der Waals surface area contributed by atoms with Gasteiger partial charge in [-0.2, -0.15) is 0 Å². The fourth-order valence-electron chi connectivity index (χ4n) is 2.05. The van der Waals surface area contributed by atoms with Gasteiger partial charge in [0, 0.05) is 24.2 Å². The van der Waals surface area contributed by atoms with Crippen molar-refractivity contribution in [2.45, 2.75) is 18.9 Å². The van der Waals surface area contributed by atoms with Crippen LogP contribution in [0.25, 0.3) is 0 Å². The monoisotopic (exact) mass is 254 g/mol. The molecule has 1 saturated heterocycles. The Morgan fingerprint density at radius 1 is 1.53 bits per heavy atom. The minimum absolute atomic E-state index is 0.0298. The van der Waals surface area contributed by atoms with Crippen molar-refractivity contribution in [1.82, 2.24) is 4.90 Å². The summed E-state index contributed by atoms with van der Waals surface area (Å²) in [7, 11) is 0. The number of likely N-dealkylation sites (tertiary alicyclic amines) is 1. The van der Waals surface area contributed by atoms with Crippen LogP contribution in [0.2, 0.25) is 5.02 Å². The number of phenols is 1. The number of nitrogens with two attached hydrogens (primary N) is 1. The van der Waals surface area contributed by atoms with Crippen LogP contribution in [0.4, 0.5) is 0 Å². The van der Waals surface area contributed by atoms with Crippen molar-refractivity contribution in [2.75, 3.05) is 13.1 Å². The first-order valence-corrected chi connectivity index (χ1v) is 5.99. The molecule has 2 rings (SSSR count). The van der Waals surface area contributed by atoms with Crippen LogP contribution in [0.5, 0.6) is 5.75 Å². The second-order valence-electron chi connectivity index (χ2n) is 4.31. The van der Waals surface area contributed by atoms with Crippen molar-refractivity contribution >= 4 is 17.5 Å². The minimum Gasteiger partial charge on any atom is -0.507 e. The zero-order valence-electron chi connectivity index (χ0n) is 9.40. The highest BCUT2D eigenvalue weighted by molar-refractivity contribution is 6.30. The molecule has 1 aliphatic rings. The summed E-state index contributed by atoms with van der Waals surface area (Å²) in [5, 5.41) is 10.1. The molecule has 1 unspecified atom stereocenters. The lowest BCUT2D eigenvalue weighted by molar-refractivity contribution is 0.0706. The van der Waals surface area contributed by atoms with E-state index in [1.54, 1.807) is 17.0 Å². The molecule has 17 heavy (non-hydrogen) atoms. The van der Waals surface area contributed by atoms with E-state index in [9.17, 15) is 9.90 Å². The van der Waals surface area contributed by atoms with E-state index in [1.165, 1.54) is 6.07 Å². The zero-order chi connectivity index (χ0) is 12.4. The van der Waals surface area contributed by atoms with Crippen LogP contribution < -0.4 is 5.73 Å². The van der Waals surface area contributed by atoms with Crippen molar-refractivity contribution in [3.63, 3.8) is 0 Å². The van der Waals surface area contributed by atoms with Gasteiger partial charge in [0.05, 0.1) is 5.56 Å². The Hall–Kier alpha value is -1.26. The summed E-state index contributed by atoms with van der Waals surface area (Å²) in [6.07, 6.45) is 1.84. The number of nitrogens with zero attached hydrogens (tertiary/aromatic N) is 1. The van der Waals surface area contributed by atoms with Crippen LogP contribution >= 0.6 is 11.6 Å². The summed E-state index contributed by atoms with van der Waals surface area (Å²) in [6, 6.07) is 4.54. The van der Waals surface area contributed by atoms with Gasteiger partial charge in [-0.05, 0) is 31.0 Å². The number of carbonyl (C=O) groups excluding carboxylic acids is 1. The SMILES string of the molecule is NC1CCCN(C(=O)c2ccc(Cl)cc2O)C1. The lowest BCUT2D eigenvalue weighted by Crippen LogP contribution is -2.45. The molecular weight excluding hydrogens is 240 g/mol. The fourth-order valence-corrected chi connectivity index (χ4v) is 2.22. The number of aromatic hydroxyl groups is 1. The summed E-state index contributed by atoms with van der Waals surface area (Å²) in [5.41, 5.74) is 6.11. The van der Waals surface area contributed by atoms with Crippen molar-refractivity contribution in [3.8, 4) is 5.75 Å². The Bertz CT molecular complexity index is 437. The maximum absolute atomic E-state index is 12.1. The van der Waals surface area contributed by atoms with Gasteiger partial charge in [0.2, 0.25) is 0 Å². The van der Waals surface area contributed by atoms with Gasteiger partial charge in [-0.15, -0.1) is 0 Å². The first-order chi connectivity index (χ1) is 8.08. The van der Waals surface area contributed by atoms with Crippen LogP contribution in [-0.4, -0.2) is 35.0 Å². The lowest BCUT2D eigenvalue weighted by Gasteiger charge is -2.30. The predicted molar refractivity (Wildman–Crippen MR) is 66.2 cm³/mol. The molecule has 1 aromatic rings. The first kappa shape index (κ1) is 12.2. The Kier molecular flexibility index (Phi) is 3.54. The minimum atomic E-state index is -0.186. The third-order valence-corrected chi connectivity index (χ3v) is 3.17. The second-order valence-corrected chi connectivity index (χ2v) is 4.75. The van der Waals surface area contributed by atoms with E-state index < -0.39 is 0 Å². The van der Waals surface area contributed by atoms with Gasteiger partial charge in [0.1, 0.15) is 5.75 Å². The number of phenolic OH excluding ortho intramolecular Hbond substituents is 1. The van der Waals surface area contributed by atoms with E-state index in [-0.39, 0.29) is 23.3 Å². The Morgan fingerprint density at radius 3 is 2.94 bits per heavy atom. The molecule has 0 aliphatic carbocycles. The maximum atomic E-state index is 12.1. The molecule has 1 amide bonds. The van der Waals surface area contributed by atoms with Crippen LogP contribution in [0.15, 0.2) is 18.2 Å². The number of amides is 1. The van der Waals surface area contributed by atoms with Gasteiger partial charge in [-0.25, -0.2) is 0 Å². The number of piperidine rings is 1. The fraction of sp³-hybridized carbons (Fsp3) is 0.417. The highest BCUT2D eigenvalue weighted by atomic mass is 35.5. The average Bonchev–Trinajstić information content (AvgIpc) is 2.28. The predicted octanol–water partition coefficient (Wildman–Crippen LogP) is 1.61. The van der Waals surface area contributed by atoms with E-state index >= 15 is 0 Å². The topological polar surface area (TPSA) is 66.6 Å². The molecule has 0 saturated carbocycles. The van der Waals surface area contributed by atoms with Crippen LogP contribution in [0, 0.1) is 0 Å². The summed E-state index contributed by atoms with van der Waals surface area (Å²) in [6.45, 7) is 1.23. The largest absolute Gasteiger partial charge is 0.507 e. The van der Waals surface area contributed by atoms with E-state index in [1.807, 2.05) is 0 Å². The summed E-state index contributed by atoms with van der Waals surface area (Å²) in [4.78, 5) is 13.8. The number of halogens is 1. The number of hydrogen-bond acceptors (Lipinski definition) is 3. The zero-order valence-corrected chi connectivity index (χ0v) is 10.2. The third-order valence-electron chi connectivity index (χ3n) is 2.94.